The van der Waals surface area contributed by atoms with Crippen molar-refractivity contribution in [3.8, 4) is 0 Å². The third-order valence-corrected chi connectivity index (χ3v) is 10.7. The van der Waals surface area contributed by atoms with E-state index in [9.17, 15) is 9.59 Å². The molecule has 0 radical (unpaired) electrons. The molecule has 0 spiro atoms. The van der Waals surface area contributed by atoms with Crippen molar-refractivity contribution in [1.82, 2.24) is 0 Å². The summed E-state index contributed by atoms with van der Waals surface area (Å²) in [4.78, 5) is 25.3. The minimum absolute atomic E-state index is 0.0462. The van der Waals surface area contributed by atoms with E-state index < -0.39 is 6.10 Å². The zero-order valence-electron chi connectivity index (χ0n) is 39.7. The van der Waals surface area contributed by atoms with Crippen LogP contribution in [0.2, 0.25) is 0 Å². The molecule has 0 fully saturated rings. The summed E-state index contributed by atoms with van der Waals surface area (Å²) in [5.74, 6) is -0.489. The number of ether oxygens (including phenoxy) is 3. The first-order valence-electron chi connectivity index (χ1n) is 25.5. The van der Waals surface area contributed by atoms with E-state index in [1.807, 2.05) is 6.08 Å². The van der Waals surface area contributed by atoms with E-state index >= 15 is 0 Å². The zero-order valence-corrected chi connectivity index (χ0v) is 39.7. The first-order chi connectivity index (χ1) is 29.6. The predicted octanol–water partition coefficient (Wildman–Crippen LogP) is 17.1. The normalized spacial score (nSPS) is 12.8. The highest BCUT2D eigenvalue weighted by Crippen LogP contribution is 2.14. The molecule has 0 aromatic carbocycles. The van der Waals surface area contributed by atoms with Crippen LogP contribution in [0.5, 0.6) is 0 Å². The number of unbranched alkanes of at least 4 members (excludes halogenated alkanes) is 23. The number of hydrogen-bond acceptors (Lipinski definition) is 5. The molecular weight excluding hydrogens is 741 g/mol. The van der Waals surface area contributed by atoms with Crippen LogP contribution in [0.25, 0.3) is 0 Å². The van der Waals surface area contributed by atoms with Crippen LogP contribution in [0, 0.1) is 0 Å². The zero-order chi connectivity index (χ0) is 43.5. The summed E-state index contributed by atoms with van der Waals surface area (Å²) in [5.41, 5.74) is 0. The van der Waals surface area contributed by atoms with Crippen LogP contribution in [0.1, 0.15) is 239 Å². The van der Waals surface area contributed by atoms with Crippen molar-refractivity contribution in [3.05, 3.63) is 72.9 Å². The van der Waals surface area contributed by atoms with Gasteiger partial charge in [-0.3, -0.25) is 9.59 Å². The molecule has 0 aliphatic carbocycles. The molecule has 1 atom stereocenters. The van der Waals surface area contributed by atoms with Gasteiger partial charge in [-0.2, -0.15) is 0 Å². The third kappa shape index (κ3) is 48.0. The molecule has 0 N–H and O–H groups in total. The Morgan fingerprint density at radius 2 is 0.783 bits per heavy atom. The number of esters is 2. The molecule has 0 aromatic rings. The number of carbonyl (C=O) groups is 2. The van der Waals surface area contributed by atoms with Crippen LogP contribution in [-0.4, -0.2) is 37.9 Å². The van der Waals surface area contributed by atoms with E-state index in [-0.39, 0.29) is 25.2 Å². The van der Waals surface area contributed by atoms with E-state index in [2.05, 4.69) is 87.6 Å². The minimum Gasteiger partial charge on any atom is -0.462 e. The van der Waals surface area contributed by atoms with Gasteiger partial charge in [0.1, 0.15) is 6.61 Å². The highest BCUT2D eigenvalue weighted by Gasteiger charge is 2.17. The van der Waals surface area contributed by atoms with Gasteiger partial charge in [0.15, 0.2) is 6.10 Å². The van der Waals surface area contributed by atoms with Gasteiger partial charge in [0.25, 0.3) is 0 Å². The third-order valence-electron chi connectivity index (χ3n) is 10.7. The number of hydrogen-bond donors (Lipinski definition) is 0. The summed E-state index contributed by atoms with van der Waals surface area (Å²) in [6, 6.07) is 0. The first-order valence-corrected chi connectivity index (χ1v) is 25.5. The molecule has 0 saturated carbocycles. The second kappa shape index (κ2) is 50.7. The van der Waals surface area contributed by atoms with Gasteiger partial charge in [-0.1, -0.05) is 222 Å². The first kappa shape index (κ1) is 57.3. The van der Waals surface area contributed by atoms with Crippen LogP contribution >= 0.6 is 0 Å². The molecule has 346 valence electrons. The second-order valence-corrected chi connectivity index (χ2v) is 16.7. The molecule has 0 heterocycles. The Bertz CT molecular complexity index is 1080. The van der Waals surface area contributed by atoms with E-state index in [0.29, 0.717) is 25.9 Å². The molecule has 5 heteroatoms. The molecule has 1 unspecified atom stereocenters. The summed E-state index contributed by atoms with van der Waals surface area (Å²) in [6.07, 6.45) is 65.0. The van der Waals surface area contributed by atoms with Crippen molar-refractivity contribution in [2.45, 2.75) is 245 Å². The van der Waals surface area contributed by atoms with Crippen LogP contribution in [-0.2, 0) is 23.8 Å². The van der Waals surface area contributed by atoms with Gasteiger partial charge in [-0.05, 0) is 77.0 Å². The Balaban J connectivity index is 4.27. The van der Waals surface area contributed by atoms with Crippen molar-refractivity contribution in [3.63, 3.8) is 0 Å². The molecule has 0 amide bonds. The maximum Gasteiger partial charge on any atom is 0.306 e. The van der Waals surface area contributed by atoms with Crippen LogP contribution in [0.15, 0.2) is 72.9 Å². The maximum atomic E-state index is 12.7. The minimum atomic E-state index is -0.565. The topological polar surface area (TPSA) is 61.8 Å². The molecule has 5 nitrogen and oxygen atoms in total. The molecule has 0 rings (SSSR count). The Labute approximate surface area is 372 Å². The Morgan fingerprint density at radius 1 is 0.383 bits per heavy atom. The smallest absolute Gasteiger partial charge is 0.306 e. The van der Waals surface area contributed by atoms with E-state index in [1.54, 1.807) is 0 Å². The average molecular weight is 837 g/mol. The van der Waals surface area contributed by atoms with Gasteiger partial charge in [-0.25, -0.2) is 0 Å². The lowest BCUT2D eigenvalue weighted by Gasteiger charge is -2.18. The van der Waals surface area contributed by atoms with Crippen molar-refractivity contribution < 1.29 is 23.8 Å². The lowest BCUT2D eigenvalue weighted by molar-refractivity contribution is -0.162. The number of rotatable bonds is 46. The molecule has 0 bridgehead atoms. The Morgan fingerprint density at radius 3 is 1.30 bits per heavy atom. The summed E-state index contributed by atoms with van der Waals surface area (Å²) in [6.45, 7) is 7.61. The van der Waals surface area contributed by atoms with Gasteiger partial charge in [0.2, 0.25) is 0 Å². The largest absolute Gasteiger partial charge is 0.462 e. The molecule has 0 aliphatic heterocycles. The van der Waals surface area contributed by atoms with Gasteiger partial charge in [-0.15, -0.1) is 0 Å². The second-order valence-electron chi connectivity index (χ2n) is 16.7. The molecule has 0 aliphatic rings. The predicted molar refractivity (Wildman–Crippen MR) is 260 cm³/mol. The molecule has 60 heavy (non-hydrogen) atoms. The molecule has 0 aromatic heterocycles. The molecular formula is C55H96O5. The highest BCUT2D eigenvalue weighted by molar-refractivity contribution is 5.70. The van der Waals surface area contributed by atoms with Crippen molar-refractivity contribution in [2.75, 3.05) is 19.8 Å². The van der Waals surface area contributed by atoms with Gasteiger partial charge < -0.3 is 14.2 Å². The Kier molecular flexibility index (Phi) is 48.4. The molecule has 0 saturated heterocycles. The van der Waals surface area contributed by atoms with E-state index in [1.165, 1.54) is 141 Å². The summed E-state index contributed by atoms with van der Waals surface area (Å²) in [7, 11) is 0. The van der Waals surface area contributed by atoms with Gasteiger partial charge in [0.05, 0.1) is 6.61 Å². The van der Waals surface area contributed by atoms with Crippen molar-refractivity contribution in [2.24, 2.45) is 0 Å². The number of allylic oxidation sites excluding steroid dienone is 12. The quantitative estimate of drug-likeness (QED) is 0.0347. The lowest BCUT2D eigenvalue weighted by Crippen LogP contribution is -2.30. The average Bonchev–Trinajstić information content (AvgIpc) is 3.25. The van der Waals surface area contributed by atoms with Gasteiger partial charge >= 0.3 is 11.9 Å². The maximum absolute atomic E-state index is 12.7. The van der Waals surface area contributed by atoms with Crippen LogP contribution in [0.4, 0.5) is 0 Å². The van der Waals surface area contributed by atoms with Crippen LogP contribution < -0.4 is 0 Å². The summed E-state index contributed by atoms with van der Waals surface area (Å²) in [5, 5.41) is 0. The highest BCUT2D eigenvalue weighted by atomic mass is 16.6. The van der Waals surface area contributed by atoms with Gasteiger partial charge in [0, 0.05) is 19.4 Å². The van der Waals surface area contributed by atoms with Crippen molar-refractivity contribution >= 4 is 11.9 Å². The SMILES string of the molecule is CC/C=C\C/C=C\C/C=C\C/C=C\CCC(=O)OCC(COCCCCCCCCCCCC/C=C\C/C=C\CCCCC)OC(=O)CCCCCCCCCCCCC. The monoisotopic (exact) mass is 837 g/mol. The Hall–Kier alpha value is -2.66. The van der Waals surface area contributed by atoms with E-state index in [0.717, 1.165) is 57.8 Å². The van der Waals surface area contributed by atoms with Crippen LogP contribution in [0.3, 0.4) is 0 Å². The fourth-order valence-electron chi connectivity index (χ4n) is 6.97. The summed E-state index contributed by atoms with van der Waals surface area (Å²) >= 11 is 0. The summed E-state index contributed by atoms with van der Waals surface area (Å²) < 4.78 is 17.3. The standard InChI is InChI=1S/C55H96O5/c1-4-7-10-13-16-19-22-24-25-26-27-28-29-30-32-35-38-41-44-47-50-58-51-53(60-55(57)49-46-43-40-37-33-21-18-15-12-9-6-3)52-59-54(56)48-45-42-39-36-34-31-23-20-17-14-11-8-5-2/h8,11,16-17,19-20,24-25,31,34,39,42,53H,4-7,9-10,12-15,18,21-23,26-30,32-33,35-38,40-41,43-52H2,1-3H3/b11-8-,19-16-,20-17-,25-24-,34-31-,42-39-. The fourth-order valence-corrected chi connectivity index (χ4v) is 6.97. The number of carbonyl (C=O) groups excluding carboxylic acids is 2. The van der Waals surface area contributed by atoms with Crippen molar-refractivity contribution in [1.29, 1.82) is 0 Å². The fraction of sp³-hybridized carbons (Fsp3) is 0.745. The van der Waals surface area contributed by atoms with E-state index in [4.69, 9.17) is 14.2 Å². The lowest BCUT2D eigenvalue weighted by atomic mass is 10.1.